The lowest BCUT2D eigenvalue weighted by Crippen LogP contribution is -2.57. The van der Waals surface area contributed by atoms with E-state index in [0.717, 1.165) is 50.7 Å². The summed E-state index contributed by atoms with van der Waals surface area (Å²) in [5, 5.41) is 11.5. The normalized spacial score (nSPS) is 45.8. The maximum absolute atomic E-state index is 6.22. The van der Waals surface area contributed by atoms with E-state index in [4.69, 9.17) is 9.57 Å². The van der Waals surface area contributed by atoms with Gasteiger partial charge in [0.1, 0.15) is 6.23 Å². The molecule has 33 heavy (non-hydrogen) atoms. The molecule has 8 atom stereocenters. The topological polar surface area (TPSA) is 73.1 Å². The van der Waals surface area contributed by atoms with Crippen molar-refractivity contribution in [3.05, 3.63) is 0 Å². The second kappa shape index (κ2) is 10.7. The summed E-state index contributed by atoms with van der Waals surface area (Å²) in [6, 6.07) is 1.31. The Hall–Kier alpha value is -0.320. The minimum atomic E-state index is 0.119. The minimum absolute atomic E-state index is 0.119. The van der Waals surface area contributed by atoms with Crippen molar-refractivity contribution in [1.29, 1.82) is 0 Å². The van der Waals surface area contributed by atoms with Gasteiger partial charge in [0.2, 0.25) is 0 Å². The van der Waals surface area contributed by atoms with Crippen LogP contribution in [0.2, 0.25) is 0 Å². The van der Waals surface area contributed by atoms with Gasteiger partial charge in [0.25, 0.3) is 0 Å². The van der Waals surface area contributed by atoms with Crippen molar-refractivity contribution < 1.29 is 9.57 Å². The molecule has 0 bridgehead atoms. The zero-order valence-electron chi connectivity index (χ0n) is 20.4. The Labute approximate surface area is 199 Å². The van der Waals surface area contributed by atoms with Gasteiger partial charge in [-0.25, -0.2) is 0 Å². The molecule has 0 aromatic rings. The van der Waals surface area contributed by atoms with Crippen LogP contribution in [0, 0.1) is 17.8 Å². The molecule has 6 fully saturated rings. The quantitative estimate of drug-likeness (QED) is 0.483. The molecule has 5 aliphatic heterocycles. The minimum Gasteiger partial charge on any atom is -0.379 e. The molecule has 6 rings (SSSR count). The van der Waals surface area contributed by atoms with Gasteiger partial charge >= 0.3 is 0 Å². The van der Waals surface area contributed by atoms with Crippen molar-refractivity contribution in [2.45, 2.75) is 88.4 Å². The average molecular weight is 463 g/mol. The molecule has 1 aliphatic carbocycles. The molecule has 0 aromatic carbocycles. The molecular weight excluding hydrogens is 416 g/mol. The third-order valence-corrected chi connectivity index (χ3v) is 9.52. The van der Waals surface area contributed by atoms with Crippen LogP contribution in [-0.2, 0) is 9.57 Å². The highest BCUT2D eigenvalue weighted by molar-refractivity contribution is 4.94. The van der Waals surface area contributed by atoms with Crippen LogP contribution < -0.4 is 21.4 Å². The number of likely N-dealkylation sites (tertiary alicyclic amines) is 1. The van der Waals surface area contributed by atoms with Crippen LogP contribution in [0.5, 0.6) is 0 Å². The van der Waals surface area contributed by atoms with E-state index in [9.17, 15) is 0 Å². The molecule has 6 aliphatic rings. The monoisotopic (exact) mass is 462 g/mol. The number of hydrogen-bond donors (Lipinski definition) is 4. The van der Waals surface area contributed by atoms with E-state index in [0.29, 0.717) is 18.1 Å². The van der Waals surface area contributed by atoms with E-state index < -0.39 is 0 Å². The van der Waals surface area contributed by atoms with Gasteiger partial charge in [-0.15, -0.1) is 0 Å². The van der Waals surface area contributed by atoms with Crippen molar-refractivity contribution in [3.8, 4) is 0 Å². The zero-order chi connectivity index (χ0) is 22.0. The Balaban J connectivity index is 1.01. The second-order valence-electron chi connectivity index (χ2n) is 11.6. The van der Waals surface area contributed by atoms with Gasteiger partial charge in [-0.2, -0.15) is 5.48 Å². The predicted octanol–water partition coefficient (Wildman–Crippen LogP) is 1.05. The molecular formula is C25H46N6O2. The standard InChI is InChI=1S/C25H46N6O2/c1-2-5-21-19(4-1)14-18(16-27-21)17-31-9-3-6-22(31)25-28-24(29-33-25)20-7-8-26-23(15-20)30-10-12-32-13-11-30/h18-29H,1-17H2/t18?,19?,20?,21?,22-,23?,24?,25?/m0/s1. The van der Waals surface area contributed by atoms with Crippen LogP contribution in [0.3, 0.4) is 0 Å². The lowest BCUT2D eigenvalue weighted by Gasteiger charge is -2.42. The third kappa shape index (κ3) is 5.28. The van der Waals surface area contributed by atoms with Crippen LogP contribution in [0.1, 0.15) is 57.8 Å². The van der Waals surface area contributed by atoms with E-state index >= 15 is 0 Å². The number of piperidine rings is 2. The zero-order valence-corrected chi connectivity index (χ0v) is 20.4. The molecule has 5 saturated heterocycles. The number of rotatable bonds is 5. The van der Waals surface area contributed by atoms with Crippen molar-refractivity contribution in [3.63, 3.8) is 0 Å². The first kappa shape index (κ1) is 23.1. The molecule has 1 saturated carbocycles. The van der Waals surface area contributed by atoms with Gasteiger partial charge in [-0.1, -0.05) is 12.8 Å². The molecule has 8 nitrogen and oxygen atoms in total. The first-order valence-corrected chi connectivity index (χ1v) is 14.0. The van der Waals surface area contributed by atoms with Crippen molar-refractivity contribution in [2.24, 2.45) is 17.8 Å². The first-order valence-electron chi connectivity index (χ1n) is 14.0. The summed E-state index contributed by atoms with van der Waals surface area (Å²) in [6.45, 7) is 8.58. The van der Waals surface area contributed by atoms with Gasteiger partial charge in [-0.05, 0) is 82.3 Å². The predicted molar refractivity (Wildman–Crippen MR) is 128 cm³/mol. The Kier molecular flexibility index (Phi) is 7.52. The lowest BCUT2D eigenvalue weighted by molar-refractivity contribution is -0.0313. The third-order valence-electron chi connectivity index (χ3n) is 9.52. The molecule has 0 radical (unpaired) electrons. The first-order chi connectivity index (χ1) is 16.3. The van der Waals surface area contributed by atoms with Gasteiger partial charge < -0.3 is 15.4 Å². The Morgan fingerprint density at radius 3 is 2.70 bits per heavy atom. The molecule has 5 heterocycles. The van der Waals surface area contributed by atoms with E-state index in [1.165, 1.54) is 77.4 Å². The maximum Gasteiger partial charge on any atom is 0.146 e. The Morgan fingerprint density at radius 2 is 1.76 bits per heavy atom. The van der Waals surface area contributed by atoms with Crippen LogP contribution >= 0.6 is 0 Å². The van der Waals surface area contributed by atoms with Gasteiger partial charge in [0, 0.05) is 25.7 Å². The van der Waals surface area contributed by atoms with Gasteiger partial charge in [0.15, 0.2) is 0 Å². The van der Waals surface area contributed by atoms with Crippen molar-refractivity contribution >= 4 is 0 Å². The summed E-state index contributed by atoms with van der Waals surface area (Å²) in [4.78, 5) is 11.5. The van der Waals surface area contributed by atoms with Crippen LogP contribution in [0.25, 0.3) is 0 Å². The van der Waals surface area contributed by atoms with Crippen molar-refractivity contribution in [2.75, 3.05) is 52.5 Å². The van der Waals surface area contributed by atoms with E-state index in [2.05, 4.69) is 31.2 Å². The highest BCUT2D eigenvalue weighted by Gasteiger charge is 2.42. The summed E-state index contributed by atoms with van der Waals surface area (Å²) < 4.78 is 5.56. The largest absolute Gasteiger partial charge is 0.379 e. The fourth-order valence-electron chi connectivity index (χ4n) is 7.69. The molecule has 188 valence electrons. The number of ether oxygens (including phenoxy) is 1. The summed E-state index contributed by atoms with van der Waals surface area (Å²) in [5.41, 5.74) is 3.42. The lowest BCUT2D eigenvalue weighted by atomic mass is 9.76. The SMILES string of the molecule is C1CCC2NCC(CN3CCC[C@H]3C3NC(C4CCNC(N5CCOCC5)C4)NO3)CC2C1. The second-order valence-corrected chi connectivity index (χ2v) is 11.6. The van der Waals surface area contributed by atoms with Crippen LogP contribution in [0.15, 0.2) is 0 Å². The highest BCUT2D eigenvalue weighted by atomic mass is 16.7. The summed E-state index contributed by atoms with van der Waals surface area (Å²) in [6.07, 6.45) is 12.9. The number of morpholine rings is 1. The summed E-state index contributed by atoms with van der Waals surface area (Å²) >= 11 is 0. The molecule has 7 unspecified atom stereocenters. The maximum atomic E-state index is 6.22. The molecule has 0 amide bonds. The number of hydroxylamine groups is 1. The molecule has 4 N–H and O–H groups in total. The average Bonchev–Trinajstić information content (AvgIpc) is 3.54. The number of hydrogen-bond acceptors (Lipinski definition) is 8. The van der Waals surface area contributed by atoms with E-state index in [-0.39, 0.29) is 12.4 Å². The Bertz CT molecular complexity index is 634. The number of nitrogens with one attached hydrogen (secondary N) is 4. The smallest absolute Gasteiger partial charge is 0.146 e. The van der Waals surface area contributed by atoms with Gasteiger partial charge in [-0.3, -0.25) is 20.0 Å². The van der Waals surface area contributed by atoms with Crippen molar-refractivity contribution in [1.82, 2.24) is 31.2 Å². The van der Waals surface area contributed by atoms with E-state index in [1.54, 1.807) is 0 Å². The highest BCUT2D eigenvalue weighted by Crippen LogP contribution is 2.34. The van der Waals surface area contributed by atoms with Crippen LogP contribution in [0.4, 0.5) is 0 Å². The number of nitrogens with zero attached hydrogens (tertiary/aromatic N) is 2. The van der Waals surface area contributed by atoms with Crippen LogP contribution in [-0.4, -0.2) is 92.9 Å². The molecule has 8 heteroatoms. The van der Waals surface area contributed by atoms with Gasteiger partial charge in [0.05, 0.1) is 31.6 Å². The molecule has 0 spiro atoms. The summed E-state index contributed by atoms with van der Waals surface area (Å²) in [5.74, 6) is 2.32. The number of fused-ring (bicyclic) bond motifs is 1. The fraction of sp³-hybridized carbons (Fsp3) is 1.00. The fourth-order valence-corrected chi connectivity index (χ4v) is 7.69. The Morgan fingerprint density at radius 1 is 0.848 bits per heavy atom. The molecule has 0 aromatic heterocycles. The van der Waals surface area contributed by atoms with E-state index in [1.807, 2.05) is 0 Å². The summed E-state index contributed by atoms with van der Waals surface area (Å²) in [7, 11) is 0.